The van der Waals surface area contributed by atoms with Crippen molar-refractivity contribution in [2.45, 2.75) is 70.0 Å². The van der Waals surface area contributed by atoms with E-state index >= 15 is 0 Å². The second-order valence-corrected chi connectivity index (χ2v) is 8.43. The topological polar surface area (TPSA) is 23.6 Å². The zero-order valence-corrected chi connectivity index (χ0v) is 17.3. The van der Waals surface area contributed by atoms with Crippen LogP contribution in [-0.4, -0.2) is 35.5 Å². The highest BCUT2D eigenvalue weighted by atomic mass is 19.1. The number of carbonyl (C=O) groups is 1. The zero-order valence-electron chi connectivity index (χ0n) is 17.3. The minimum atomic E-state index is -0.259. The van der Waals surface area contributed by atoms with Gasteiger partial charge in [0, 0.05) is 36.8 Å². The lowest BCUT2D eigenvalue weighted by atomic mass is 9.80. The standard InChI is InChI=1S/C25H31FN2O/c1-2-25(29)28(21-13-11-20(26)12-14-21)24-17-22-9-6-10-23(18-24)27(22)16-15-19-7-4-3-5-8-19/h3-5,7-8,11-14,22-24H,2,6,9-10,15-18H2,1H3/t22-,23+,24?. The number of anilines is 1. The molecule has 1 unspecified atom stereocenters. The van der Waals surface area contributed by atoms with Crippen LogP contribution in [-0.2, 0) is 11.2 Å². The minimum absolute atomic E-state index is 0.136. The highest BCUT2D eigenvalue weighted by Gasteiger charge is 2.41. The van der Waals surface area contributed by atoms with Crippen molar-refractivity contribution < 1.29 is 9.18 Å². The van der Waals surface area contributed by atoms with Gasteiger partial charge < -0.3 is 4.90 Å². The monoisotopic (exact) mass is 394 g/mol. The molecule has 2 fully saturated rings. The summed E-state index contributed by atoms with van der Waals surface area (Å²) in [5.74, 6) is -0.123. The Balaban J connectivity index is 1.50. The van der Waals surface area contributed by atoms with Crippen LogP contribution in [0.3, 0.4) is 0 Å². The van der Waals surface area contributed by atoms with Crippen LogP contribution < -0.4 is 4.90 Å². The van der Waals surface area contributed by atoms with E-state index in [1.54, 1.807) is 12.1 Å². The smallest absolute Gasteiger partial charge is 0.226 e. The van der Waals surface area contributed by atoms with Gasteiger partial charge in [0.25, 0.3) is 0 Å². The molecule has 2 aromatic rings. The molecule has 4 rings (SSSR count). The predicted molar refractivity (Wildman–Crippen MR) is 115 cm³/mol. The average Bonchev–Trinajstić information content (AvgIpc) is 2.74. The fourth-order valence-electron chi connectivity index (χ4n) is 5.26. The summed E-state index contributed by atoms with van der Waals surface area (Å²) in [6, 6.07) is 18.4. The molecule has 2 aliphatic heterocycles. The van der Waals surface area contributed by atoms with Gasteiger partial charge in [-0.1, -0.05) is 43.7 Å². The van der Waals surface area contributed by atoms with Crippen molar-refractivity contribution >= 4 is 11.6 Å². The normalized spacial score (nSPS) is 24.3. The molecule has 2 aromatic carbocycles. The van der Waals surface area contributed by atoms with Crippen LogP contribution in [0.4, 0.5) is 10.1 Å². The van der Waals surface area contributed by atoms with E-state index in [2.05, 4.69) is 35.2 Å². The quantitative estimate of drug-likeness (QED) is 0.673. The molecule has 3 nitrogen and oxygen atoms in total. The maximum absolute atomic E-state index is 13.4. The number of amides is 1. The molecule has 0 aliphatic carbocycles. The van der Waals surface area contributed by atoms with Gasteiger partial charge in [0.1, 0.15) is 5.82 Å². The number of benzene rings is 2. The summed E-state index contributed by atoms with van der Waals surface area (Å²) in [7, 11) is 0. The third kappa shape index (κ3) is 4.53. The summed E-state index contributed by atoms with van der Waals surface area (Å²) in [5, 5.41) is 0. The van der Waals surface area contributed by atoms with Crippen molar-refractivity contribution in [3.8, 4) is 0 Å². The van der Waals surface area contributed by atoms with Gasteiger partial charge in [-0.2, -0.15) is 0 Å². The van der Waals surface area contributed by atoms with Crippen LogP contribution in [0, 0.1) is 5.82 Å². The van der Waals surface area contributed by atoms with Crippen molar-refractivity contribution in [2.75, 3.05) is 11.4 Å². The van der Waals surface area contributed by atoms with Crippen molar-refractivity contribution in [3.63, 3.8) is 0 Å². The van der Waals surface area contributed by atoms with E-state index in [1.165, 1.54) is 37.0 Å². The molecule has 29 heavy (non-hydrogen) atoms. The average molecular weight is 395 g/mol. The number of fused-ring (bicyclic) bond motifs is 2. The van der Waals surface area contributed by atoms with E-state index < -0.39 is 0 Å². The fraction of sp³-hybridized carbons (Fsp3) is 0.480. The van der Waals surface area contributed by atoms with Crippen LogP contribution in [0.5, 0.6) is 0 Å². The number of piperidine rings is 2. The summed E-state index contributed by atoms with van der Waals surface area (Å²) in [5.41, 5.74) is 2.22. The van der Waals surface area contributed by atoms with Gasteiger partial charge in [-0.15, -0.1) is 0 Å². The SMILES string of the molecule is CCC(=O)N(c1ccc(F)cc1)C1C[C@H]2CCC[C@@H](C1)N2CCc1ccccc1. The molecule has 2 aliphatic rings. The first-order valence-corrected chi connectivity index (χ1v) is 11.0. The van der Waals surface area contributed by atoms with E-state index in [-0.39, 0.29) is 17.8 Å². The lowest BCUT2D eigenvalue weighted by Crippen LogP contribution is -2.58. The number of nitrogens with zero attached hydrogens (tertiary/aromatic N) is 2. The van der Waals surface area contributed by atoms with Gasteiger partial charge in [0.05, 0.1) is 0 Å². The summed E-state index contributed by atoms with van der Waals surface area (Å²) >= 11 is 0. The van der Waals surface area contributed by atoms with Gasteiger partial charge in [-0.3, -0.25) is 9.69 Å². The fourth-order valence-corrected chi connectivity index (χ4v) is 5.26. The molecule has 3 atom stereocenters. The Morgan fingerprint density at radius 3 is 2.31 bits per heavy atom. The van der Waals surface area contributed by atoms with E-state index in [0.29, 0.717) is 18.5 Å². The predicted octanol–water partition coefficient (Wildman–Crippen LogP) is 5.20. The summed E-state index contributed by atoms with van der Waals surface area (Å²) in [6.45, 7) is 3.00. The Hall–Kier alpha value is -2.20. The lowest BCUT2D eigenvalue weighted by Gasteiger charge is -2.51. The first-order valence-electron chi connectivity index (χ1n) is 11.0. The van der Waals surface area contributed by atoms with E-state index in [1.807, 2.05) is 11.8 Å². The van der Waals surface area contributed by atoms with Crippen molar-refractivity contribution in [3.05, 3.63) is 66.0 Å². The van der Waals surface area contributed by atoms with Crippen LogP contribution >= 0.6 is 0 Å². The molecule has 0 aromatic heterocycles. The molecular formula is C25H31FN2O. The molecule has 154 valence electrons. The molecule has 2 saturated heterocycles. The second-order valence-electron chi connectivity index (χ2n) is 8.43. The highest BCUT2D eigenvalue weighted by Crippen LogP contribution is 2.37. The van der Waals surface area contributed by atoms with Crippen molar-refractivity contribution in [1.29, 1.82) is 0 Å². The Labute approximate surface area is 173 Å². The van der Waals surface area contributed by atoms with E-state index in [9.17, 15) is 9.18 Å². The Morgan fingerprint density at radius 2 is 1.69 bits per heavy atom. The first kappa shape index (κ1) is 20.1. The van der Waals surface area contributed by atoms with Crippen LogP contribution in [0.15, 0.2) is 54.6 Å². The molecule has 0 N–H and O–H groups in total. The Bertz CT molecular complexity index is 793. The molecule has 2 bridgehead atoms. The number of halogens is 1. The second kappa shape index (κ2) is 9.08. The molecule has 0 saturated carbocycles. The van der Waals surface area contributed by atoms with Gasteiger partial charge in [-0.25, -0.2) is 4.39 Å². The van der Waals surface area contributed by atoms with Crippen LogP contribution in [0.25, 0.3) is 0 Å². The number of carbonyl (C=O) groups excluding carboxylic acids is 1. The van der Waals surface area contributed by atoms with Gasteiger partial charge >= 0.3 is 0 Å². The van der Waals surface area contributed by atoms with Crippen molar-refractivity contribution in [2.24, 2.45) is 0 Å². The highest BCUT2D eigenvalue weighted by molar-refractivity contribution is 5.93. The molecule has 2 heterocycles. The number of rotatable bonds is 6. The van der Waals surface area contributed by atoms with Gasteiger partial charge in [-0.05, 0) is 61.9 Å². The number of hydrogen-bond donors (Lipinski definition) is 0. The van der Waals surface area contributed by atoms with E-state index in [4.69, 9.17) is 0 Å². The molecular weight excluding hydrogens is 363 g/mol. The maximum atomic E-state index is 13.4. The Kier molecular flexibility index (Phi) is 6.29. The van der Waals surface area contributed by atoms with Crippen molar-refractivity contribution in [1.82, 2.24) is 4.90 Å². The third-order valence-corrected chi connectivity index (χ3v) is 6.64. The maximum Gasteiger partial charge on any atom is 0.226 e. The molecule has 1 amide bonds. The van der Waals surface area contributed by atoms with Crippen LogP contribution in [0.1, 0.15) is 51.0 Å². The summed E-state index contributed by atoms with van der Waals surface area (Å²) in [6.07, 6.45) is 7.26. The summed E-state index contributed by atoms with van der Waals surface area (Å²) in [4.78, 5) is 17.5. The number of hydrogen-bond acceptors (Lipinski definition) is 2. The first-order chi connectivity index (χ1) is 14.2. The molecule has 0 radical (unpaired) electrons. The molecule has 0 spiro atoms. The van der Waals surface area contributed by atoms with Crippen LogP contribution in [0.2, 0.25) is 0 Å². The Morgan fingerprint density at radius 1 is 1.03 bits per heavy atom. The van der Waals surface area contributed by atoms with Gasteiger partial charge in [0.15, 0.2) is 0 Å². The van der Waals surface area contributed by atoms with Gasteiger partial charge in [0.2, 0.25) is 5.91 Å². The van der Waals surface area contributed by atoms with E-state index in [0.717, 1.165) is 31.5 Å². The third-order valence-electron chi connectivity index (χ3n) is 6.64. The largest absolute Gasteiger partial charge is 0.309 e. The lowest BCUT2D eigenvalue weighted by molar-refractivity contribution is -0.119. The molecule has 4 heteroatoms. The summed E-state index contributed by atoms with van der Waals surface area (Å²) < 4.78 is 13.4. The minimum Gasteiger partial charge on any atom is -0.309 e. The zero-order chi connectivity index (χ0) is 20.2.